The Morgan fingerprint density at radius 3 is 2.64 bits per heavy atom. The number of fused-ring (bicyclic) bond motifs is 1. The molecule has 1 unspecified atom stereocenters. The number of likely N-dealkylation sites (N-methyl/N-ethyl adjacent to an activating group) is 1. The van der Waals surface area contributed by atoms with E-state index in [-0.39, 0.29) is 22.9 Å². The number of rotatable bonds is 4. The molecule has 0 aliphatic carbocycles. The summed E-state index contributed by atoms with van der Waals surface area (Å²) in [7, 11) is 2.10. The first-order chi connectivity index (χ1) is 17.3. The number of hydrogen-bond acceptors (Lipinski definition) is 8. The number of carbonyl (C=O) groups excluding carboxylic acids is 1. The Labute approximate surface area is 207 Å². The van der Waals surface area contributed by atoms with Crippen LogP contribution in [-0.2, 0) is 0 Å². The summed E-state index contributed by atoms with van der Waals surface area (Å²) in [5.74, 6) is -0.680. The predicted octanol–water partition coefficient (Wildman–Crippen LogP) is 3.49. The maximum absolute atomic E-state index is 15.3. The molecule has 36 heavy (non-hydrogen) atoms. The van der Waals surface area contributed by atoms with E-state index in [1.807, 2.05) is 6.07 Å². The molecule has 0 amide bonds. The first-order valence-electron chi connectivity index (χ1n) is 11.7. The molecule has 0 saturated carbocycles. The largest absolute Gasteiger partial charge is 0.462 e. The average Bonchev–Trinajstić information content (AvgIpc) is 3.21. The molecule has 5 rings (SSSR count). The molecular formula is C25H27F2N7O2. The van der Waals surface area contributed by atoms with E-state index < -0.39 is 18.2 Å². The van der Waals surface area contributed by atoms with E-state index in [0.29, 0.717) is 17.0 Å². The van der Waals surface area contributed by atoms with Gasteiger partial charge in [0, 0.05) is 44.2 Å². The second-order valence-corrected chi connectivity index (χ2v) is 8.96. The molecule has 0 radical (unpaired) electrons. The highest BCUT2D eigenvalue weighted by atomic mass is 19.1. The summed E-state index contributed by atoms with van der Waals surface area (Å²) in [5, 5.41) is 3.10. The molecule has 2 aromatic heterocycles. The number of aliphatic imine (C=N–C) groups is 2. The summed E-state index contributed by atoms with van der Waals surface area (Å²) in [4.78, 5) is 28.8. The van der Waals surface area contributed by atoms with Crippen molar-refractivity contribution in [3.63, 3.8) is 0 Å². The van der Waals surface area contributed by atoms with Gasteiger partial charge in [-0.15, -0.1) is 0 Å². The van der Waals surface area contributed by atoms with Crippen LogP contribution in [0, 0.1) is 12.7 Å². The first kappa shape index (κ1) is 23.9. The van der Waals surface area contributed by atoms with Crippen LogP contribution in [0.5, 0.6) is 5.75 Å². The van der Waals surface area contributed by atoms with Crippen LogP contribution in [0.15, 0.2) is 46.5 Å². The number of hydrogen-bond donors (Lipinski definition) is 1. The third-order valence-corrected chi connectivity index (χ3v) is 6.43. The highest BCUT2D eigenvalue weighted by Crippen LogP contribution is 2.31. The summed E-state index contributed by atoms with van der Waals surface area (Å²) in [6.07, 6.45) is -0.189. The second-order valence-electron chi connectivity index (χ2n) is 8.96. The molecule has 3 aromatic rings. The van der Waals surface area contributed by atoms with Crippen molar-refractivity contribution in [3.05, 3.63) is 48.0 Å². The number of benzene rings is 1. The zero-order valence-corrected chi connectivity index (χ0v) is 20.3. The van der Waals surface area contributed by atoms with Crippen molar-refractivity contribution < 1.29 is 18.3 Å². The highest BCUT2D eigenvalue weighted by Gasteiger charge is 2.31. The Bertz CT molecular complexity index is 1340. The molecule has 4 heterocycles. The van der Waals surface area contributed by atoms with Gasteiger partial charge in [0.15, 0.2) is 11.6 Å². The quantitative estimate of drug-likeness (QED) is 0.596. The topological polar surface area (TPSA) is 87.3 Å². The van der Waals surface area contributed by atoms with Crippen LogP contribution in [0.25, 0.3) is 10.9 Å². The van der Waals surface area contributed by atoms with Crippen LogP contribution < -0.4 is 15.0 Å². The lowest BCUT2D eigenvalue weighted by Crippen LogP contribution is -2.44. The van der Waals surface area contributed by atoms with E-state index in [0.717, 1.165) is 31.9 Å². The van der Waals surface area contributed by atoms with Gasteiger partial charge in [0.2, 0.25) is 18.3 Å². The maximum Gasteiger partial charge on any atom is 0.229 e. The number of alkyl halides is 1. The van der Waals surface area contributed by atoms with Crippen molar-refractivity contribution in [2.24, 2.45) is 9.98 Å². The number of carbonyl (C=O) groups is 1. The van der Waals surface area contributed by atoms with Crippen molar-refractivity contribution in [2.75, 3.05) is 43.4 Å². The van der Waals surface area contributed by atoms with Gasteiger partial charge in [-0.2, -0.15) is 0 Å². The zero-order valence-electron chi connectivity index (χ0n) is 20.3. The van der Waals surface area contributed by atoms with E-state index >= 15 is 8.78 Å². The van der Waals surface area contributed by atoms with Gasteiger partial charge in [-0.3, -0.25) is 9.36 Å². The molecule has 1 fully saturated rings. The Morgan fingerprint density at radius 1 is 1.17 bits per heavy atom. The molecule has 2 atom stereocenters. The summed E-state index contributed by atoms with van der Waals surface area (Å²) in [5.41, 5.74) is 2.01. The molecule has 2 aliphatic heterocycles. The summed E-state index contributed by atoms with van der Waals surface area (Å²) in [6, 6.07) is 8.19. The minimum atomic E-state index is -1.77. The Morgan fingerprint density at radius 2 is 1.94 bits per heavy atom. The molecule has 9 nitrogen and oxygen atoms in total. The molecule has 1 N–H and O–H groups in total. The summed E-state index contributed by atoms with van der Waals surface area (Å²) >= 11 is 0. The highest BCUT2D eigenvalue weighted by molar-refractivity contribution is 6.03. The predicted molar refractivity (Wildman–Crippen MR) is 136 cm³/mol. The van der Waals surface area contributed by atoms with Crippen molar-refractivity contribution in [1.29, 1.82) is 0 Å². The smallest absolute Gasteiger partial charge is 0.229 e. The minimum Gasteiger partial charge on any atom is -0.462 e. The molecule has 0 spiro atoms. The lowest BCUT2D eigenvalue weighted by atomic mass is 10.2. The van der Waals surface area contributed by atoms with Gasteiger partial charge in [0.1, 0.15) is 18.0 Å². The van der Waals surface area contributed by atoms with Gasteiger partial charge in [-0.1, -0.05) is 0 Å². The summed E-state index contributed by atoms with van der Waals surface area (Å²) in [6.45, 7) is 6.92. The fourth-order valence-electron chi connectivity index (χ4n) is 4.47. The van der Waals surface area contributed by atoms with Crippen LogP contribution in [0.3, 0.4) is 0 Å². The molecule has 11 heteroatoms. The Hall–Kier alpha value is -3.86. The average molecular weight is 496 g/mol. The van der Waals surface area contributed by atoms with Gasteiger partial charge in [-0.25, -0.2) is 23.7 Å². The van der Waals surface area contributed by atoms with Crippen LogP contribution in [0.1, 0.15) is 17.4 Å². The number of aryl methyl sites for hydroxylation is 1. The normalized spacial score (nSPS) is 20.5. The number of aromatic nitrogens is 2. The van der Waals surface area contributed by atoms with Crippen molar-refractivity contribution in [2.45, 2.75) is 26.2 Å². The third kappa shape index (κ3) is 4.53. The lowest BCUT2D eigenvalue weighted by Gasteiger charge is -2.33. The fourth-order valence-corrected chi connectivity index (χ4v) is 4.47. The molecule has 188 valence electrons. The number of nitrogens with zero attached hydrogens (tertiary/aromatic N) is 6. The van der Waals surface area contributed by atoms with E-state index in [4.69, 9.17) is 4.74 Å². The van der Waals surface area contributed by atoms with Crippen LogP contribution in [0.4, 0.5) is 20.3 Å². The Balaban J connectivity index is 1.28. The zero-order chi connectivity index (χ0) is 25.4. The van der Waals surface area contributed by atoms with Gasteiger partial charge in [0.05, 0.1) is 17.4 Å². The standard InChI is InChI=1S/C25H27F2N7O2/c1-15-12-18-19(34(15)16(2)35)5-6-20(22(18)26)36-25-23(27)24(29-14-30-25)31-21-7-4-17(13-28-21)33-10-8-32(3)9-11-33/h4-7,12-14,23,25H,8-11H2,1-3H3,(H,28,29,30,31)/t23-,25?/m1/s1. The van der Waals surface area contributed by atoms with Crippen LogP contribution in [0.2, 0.25) is 0 Å². The molecule has 1 saturated heterocycles. The number of ether oxygens (including phenoxy) is 1. The number of amidine groups is 1. The van der Waals surface area contributed by atoms with Crippen molar-refractivity contribution >= 4 is 40.5 Å². The monoisotopic (exact) mass is 495 g/mol. The maximum atomic E-state index is 15.3. The van der Waals surface area contributed by atoms with Gasteiger partial charge in [-0.05, 0) is 44.3 Å². The number of nitrogens with one attached hydrogen (secondary N) is 1. The third-order valence-electron chi connectivity index (χ3n) is 6.43. The Kier molecular flexibility index (Phi) is 6.40. The van der Waals surface area contributed by atoms with E-state index in [1.165, 1.54) is 23.9 Å². The van der Waals surface area contributed by atoms with E-state index in [9.17, 15) is 4.79 Å². The summed E-state index contributed by atoms with van der Waals surface area (Å²) < 4.78 is 37.5. The van der Waals surface area contributed by atoms with Crippen LogP contribution >= 0.6 is 0 Å². The number of piperazine rings is 1. The van der Waals surface area contributed by atoms with Gasteiger partial charge >= 0.3 is 0 Å². The second kappa shape index (κ2) is 9.65. The molecule has 1 aromatic carbocycles. The fraction of sp³-hybridized carbons (Fsp3) is 0.360. The molecule has 2 aliphatic rings. The van der Waals surface area contributed by atoms with Crippen LogP contribution in [-0.4, -0.2) is 78.2 Å². The number of anilines is 2. The molecule has 0 bridgehead atoms. The SMILES string of the molecule is CC(=O)n1c(C)cc2c(F)c(OC3N=CN=C(Nc4ccc(N5CCN(C)CC5)cn4)[C@H]3F)ccc21. The molecular weight excluding hydrogens is 468 g/mol. The van der Waals surface area contributed by atoms with E-state index in [1.54, 1.807) is 31.3 Å². The first-order valence-corrected chi connectivity index (χ1v) is 11.7. The van der Waals surface area contributed by atoms with Gasteiger partial charge < -0.3 is 19.9 Å². The van der Waals surface area contributed by atoms with E-state index in [2.05, 4.69) is 37.1 Å². The van der Waals surface area contributed by atoms with Gasteiger partial charge in [0.25, 0.3) is 0 Å². The number of pyridine rings is 1. The lowest BCUT2D eigenvalue weighted by molar-refractivity contribution is 0.0939. The minimum absolute atomic E-state index is 0.0325. The van der Waals surface area contributed by atoms with Crippen molar-refractivity contribution in [3.8, 4) is 5.75 Å². The van der Waals surface area contributed by atoms with Crippen molar-refractivity contribution in [1.82, 2.24) is 14.5 Å². The number of halogens is 2.